The molecule has 0 amide bonds. The van der Waals surface area contributed by atoms with Crippen LogP contribution in [0.3, 0.4) is 0 Å². The van der Waals surface area contributed by atoms with Gasteiger partial charge in [0.1, 0.15) is 17.1 Å². The second-order valence-corrected chi connectivity index (χ2v) is 6.12. The number of benzene rings is 2. The van der Waals surface area contributed by atoms with Gasteiger partial charge in [-0.05, 0) is 42.0 Å². The summed E-state index contributed by atoms with van der Waals surface area (Å²) in [7, 11) is 0. The van der Waals surface area contributed by atoms with E-state index in [1.54, 1.807) is 42.6 Å². The van der Waals surface area contributed by atoms with Crippen molar-refractivity contribution >= 4 is 22.7 Å². The van der Waals surface area contributed by atoms with Gasteiger partial charge in [0.2, 0.25) is 0 Å². The Morgan fingerprint density at radius 3 is 2.43 bits per heavy atom. The number of pyridine rings is 1. The lowest BCUT2D eigenvalue weighted by Crippen LogP contribution is -2.02. The van der Waals surface area contributed by atoms with Crippen LogP contribution < -0.4 is 5.32 Å². The molecule has 4 aromatic rings. The number of fused-ring (bicyclic) bond motifs is 1. The summed E-state index contributed by atoms with van der Waals surface area (Å²) in [6, 6.07) is 16.7. The normalized spacial score (nSPS) is 10.7. The number of anilines is 1. The Balaban J connectivity index is 1.54. The standard InChI is InChI=1S/C20H15N5O3/c26-16-7-3-14(4-8-16)18-12-21-17-9-10-19(24-20(17)23-18)22-11-13-1-5-15(6-2-13)25(27)28/h1-10,12,26H,11H2,(H,22,23,24). The minimum Gasteiger partial charge on any atom is -0.508 e. The molecule has 0 unspecified atom stereocenters. The molecule has 0 aliphatic rings. The van der Waals surface area contributed by atoms with E-state index in [0.29, 0.717) is 29.2 Å². The SMILES string of the molecule is O=[N+]([O-])c1ccc(CNc2ccc3ncc(-c4ccc(O)cc4)nc3n2)cc1. The fourth-order valence-electron chi connectivity index (χ4n) is 2.70. The van der Waals surface area contributed by atoms with Gasteiger partial charge in [-0.25, -0.2) is 9.97 Å². The lowest BCUT2D eigenvalue weighted by molar-refractivity contribution is -0.384. The van der Waals surface area contributed by atoms with E-state index in [2.05, 4.69) is 20.3 Å². The topological polar surface area (TPSA) is 114 Å². The summed E-state index contributed by atoms with van der Waals surface area (Å²) < 4.78 is 0. The molecule has 0 bridgehead atoms. The van der Waals surface area contributed by atoms with Gasteiger partial charge in [0.25, 0.3) is 5.69 Å². The minimum atomic E-state index is -0.424. The van der Waals surface area contributed by atoms with Crippen LogP contribution >= 0.6 is 0 Å². The molecule has 2 aromatic carbocycles. The van der Waals surface area contributed by atoms with Crippen molar-refractivity contribution in [2.24, 2.45) is 0 Å². The maximum atomic E-state index is 10.7. The highest BCUT2D eigenvalue weighted by Gasteiger charge is 2.07. The van der Waals surface area contributed by atoms with E-state index in [0.717, 1.165) is 11.1 Å². The van der Waals surface area contributed by atoms with E-state index in [1.807, 2.05) is 12.1 Å². The number of nitro groups is 1. The summed E-state index contributed by atoms with van der Waals surface area (Å²) in [6.07, 6.45) is 1.67. The van der Waals surface area contributed by atoms with Gasteiger partial charge in [-0.1, -0.05) is 12.1 Å². The molecule has 138 valence electrons. The van der Waals surface area contributed by atoms with E-state index < -0.39 is 4.92 Å². The maximum Gasteiger partial charge on any atom is 0.269 e. The van der Waals surface area contributed by atoms with Crippen LogP contribution in [0.15, 0.2) is 66.9 Å². The monoisotopic (exact) mass is 373 g/mol. The fraction of sp³-hybridized carbons (Fsp3) is 0.0500. The third-order valence-corrected chi connectivity index (χ3v) is 4.19. The minimum absolute atomic E-state index is 0.0598. The highest BCUT2D eigenvalue weighted by molar-refractivity contribution is 5.75. The average Bonchev–Trinajstić information content (AvgIpc) is 2.72. The van der Waals surface area contributed by atoms with E-state index in [9.17, 15) is 15.2 Å². The first-order valence-electron chi connectivity index (χ1n) is 8.49. The third kappa shape index (κ3) is 3.70. The number of hydrogen-bond donors (Lipinski definition) is 2. The first-order valence-corrected chi connectivity index (χ1v) is 8.49. The molecule has 4 rings (SSSR count). The highest BCUT2D eigenvalue weighted by atomic mass is 16.6. The molecule has 0 aliphatic heterocycles. The summed E-state index contributed by atoms with van der Waals surface area (Å²) >= 11 is 0. The molecule has 8 heteroatoms. The van der Waals surface area contributed by atoms with Crippen molar-refractivity contribution in [2.45, 2.75) is 6.54 Å². The number of aromatic nitrogens is 3. The predicted molar refractivity (Wildman–Crippen MR) is 105 cm³/mol. The fourth-order valence-corrected chi connectivity index (χ4v) is 2.70. The molecule has 0 spiro atoms. The Morgan fingerprint density at radius 2 is 1.71 bits per heavy atom. The number of nitrogens with zero attached hydrogens (tertiary/aromatic N) is 4. The first kappa shape index (κ1) is 17.3. The number of hydrogen-bond acceptors (Lipinski definition) is 7. The number of aromatic hydroxyl groups is 1. The summed E-state index contributed by atoms with van der Waals surface area (Å²) in [5.41, 5.74) is 3.62. The van der Waals surface area contributed by atoms with E-state index >= 15 is 0 Å². The number of phenolic OH excluding ortho intramolecular Hbond substituents is 1. The van der Waals surface area contributed by atoms with Gasteiger partial charge >= 0.3 is 0 Å². The zero-order chi connectivity index (χ0) is 19.5. The Bertz CT molecular complexity index is 1140. The molecule has 2 N–H and O–H groups in total. The van der Waals surface area contributed by atoms with Crippen molar-refractivity contribution in [1.29, 1.82) is 0 Å². The van der Waals surface area contributed by atoms with Crippen LogP contribution in [0.4, 0.5) is 11.5 Å². The highest BCUT2D eigenvalue weighted by Crippen LogP contribution is 2.22. The number of nitro benzene ring substituents is 1. The summed E-state index contributed by atoms with van der Waals surface area (Å²) in [4.78, 5) is 23.7. The molecule has 0 saturated heterocycles. The van der Waals surface area contributed by atoms with Crippen molar-refractivity contribution in [3.63, 3.8) is 0 Å². The number of non-ortho nitro benzene ring substituents is 1. The van der Waals surface area contributed by atoms with Crippen LogP contribution in [0.5, 0.6) is 5.75 Å². The Morgan fingerprint density at radius 1 is 0.964 bits per heavy atom. The summed E-state index contributed by atoms with van der Waals surface area (Å²) in [6.45, 7) is 0.474. The van der Waals surface area contributed by atoms with Gasteiger partial charge < -0.3 is 10.4 Å². The van der Waals surface area contributed by atoms with Gasteiger partial charge in [-0.3, -0.25) is 15.1 Å². The van der Waals surface area contributed by atoms with Crippen LogP contribution in [-0.4, -0.2) is 25.0 Å². The molecule has 0 aliphatic carbocycles. The predicted octanol–water partition coefficient (Wildman–Crippen LogP) is 3.92. The van der Waals surface area contributed by atoms with Gasteiger partial charge in [0.05, 0.1) is 16.8 Å². The molecular formula is C20H15N5O3. The van der Waals surface area contributed by atoms with Crippen LogP contribution in [0, 0.1) is 10.1 Å². The third-order valence-electron chi connectivity index (χ3n) is 4.19. The van der Waals surface area contributed by atoms with Crippen molar-refractivity contribution in [2.75, 3.05) is 5.32 Å². The second kappa shape index (κ2) is 7.28. The van der Waals surface area contributed by atoms with Crippen molar-refractivity contribution in [3.8, 4) is 17.0 Å². The van der Waals surface area contributed by atoms with Gasteiger partial charge in [0, 0.05) is 24.2 Å². The van der Waals surface area contributed by atoms with Gasteiger partial charge in [0.15, 0.2) is 5.65 Å². The van der Waals surface area contributed by atoms with Crippen molar-refractivity contribution in [3.05, 3.63) is 82.5 Å². The molecule has 8 nitrogen and oxygen atoms in total. The van der Waals surface area contributed by atoms with Crippen molar-refractivity contribution in [1.82, 2.24) is 15.0 Å². The van der Waals surface area contributed by atoms with Crippen molar-refractivity contribution < 1.29 is 10.0 Å². The molecule has 0 atom stereocenters. The number of phenols is 1. The molecule has 0 fully saturated rings. The Labute approximate surface area is 159 Å². The number of nitrogens with one attached hydrogen (secondary N) is 1. The Hall–Kier alpha value is -4.07. The molecule has 2 heterocycles. The number of rotatable bonds is 5. The van der Waals surface area contributed by atoms with Crippen LogP contribution in [0.1, 0.15) is 5.56 Å². The van der Waals surface area contributed by atoms with E-state index in [-0.39, 0.29) is 11.4 Å². The quantitative estimate of drug-likeness (QED) is 0.402. The van der Waals surface area contributed by atoms with Crippen LogP contribution in [0.25, 0.3) is 22.4 Å². The molecule has 2 aromatic heterocycles. The van der Waals surface area contributed by atoms with Crippen LogP contribution in [0.2, 0.25) is 0 Å². The maximum absolute atomic E-state index is 10.7. The summed E-state index contributed by atoms with van der Waals surface area (Å²) in [5.74, 6) is 0.816. The molecule has 28 heavy (non-hydrogen) atoms. The molecule has 0 radical (unpaired) electrons. The zero-order valence-corrected chi connectivity index (χ0v) is 14.6. The molecule has 0 saturated carbocycles. The second-order valence-electron chi connectivity index (χ2n) is 6.12. The van der Waals surface area contributed by atoms with E-state index in [1.165, 1.54) is 12.1 Å². The smallest absolute Gasteiger partial charge is 0.269 e. The van der Waals surface area contributed by atoms with Gasteiger partial charge in [-0.2, -0.15) is 0 Å². The summed E-state index contributed by atoms with van der Waals surface area (Å²) in [5, 5.41) is 23.3. The lowest BCUT2D eigenvalue weighted by Gasteiger charge is -2.07. The Kier molecular flexibility index (Phi) is 4.51. The van der Waals surface area contributed by atoms with E-state index in [4.69, 9.17) is 0 Å². The molecular weight excluding hydrogens is 358 g/mol. The van der Waals surface area contributed by atoms with Gasteiger partial charge in [-0.15, -0.1) is 0 Å². The first-order chi connectivity index (χ1) is 13.6. The lowest BCUT2D eigenvalue weighted by atomic mass is 10.1. The zero-order valence-electron chi connectivity index (χ0n) is 14.6. The largest absolute Gasteiger partial charge is 0.508 e. The average molecular weight is 373 g/mol. The van der Waals surface area contributed by atoms with Crippen LogP contribution in [-0.2, 0) is 6.54 Å².